The van der Waals surface area contributed by atoms with Crippen molar-refractivity contribution in [2.45, 2.75) is 38.8 Å². The quantitative estimate of drug-likeness (QED) is 0.442. The number of piperidine rings is 1. The first-order valence-corrected chi connectivity index (χ1v) is 11.7. The van der Waals surface area contributed by atoms with E-state index in [2.05, 4.69) is 33.6 Å². The maximum atomic E-state index is 11.9. The molecule has 0 radical (unpaired) electrons. The van der Waals surface area contributed by atoms with E-state index in [4.69, 9.17) is 14.2 Å². The first-order chi connectivity index (χ1) is 16.1. The summed E-state index contributed by atoms with van der Waals surface area (Å²) in [5, 5.41) is 1.28. The van der Waals surface area contributed by atoms with Crippen molar-refractivity contribution in [1.82, 2.24) is 14.5 Å². The lowest BCUT2D eigenvalue weighted by Gasteiger charge is -2.31. The Morgan fingerprint density at radius 1 is 1.21 bits per heavy atom. The predicted molar refractivity (Wildman–Crippen MR) is 128 cm³/mol. The lowest BCUT2D eigenvalue weighted by Crippen LogP contribution is -2.35. The molecule has 0 saturated carbocycles. The number of hydrogen-bond donors (Lipinski definition) is 0. The zero-order valence-electron chi connectivity index (χ0n) is 19.7. The first-order valence-electron chi connectivity index (χ1n) is 11.7. The van der Waals surface area contributed by atoms with Gasteiger partial charge in [-0.25, -0.2) is 4.79 Å². The van der Waals surface area contributed by atoms with Crippen LogP contribution in [0.1, 0.15) is 54.8 Å². The molecule has 1 aliphatic rings. The monoisotopic (exact) mass is 451 g/mol. The second-order valence-corrected chi connectivity index (χ2v) is 8.39. The van der Waals surface area contributed by atoms with Crippen molar-refractivity contribution in [3.63, 3.8) is 0 Å². The Kier molecular flexibility index (Phi) is 7.62. The summed E-state index contributed by atoms with van der Waals surface area (Å²) in [6.07, 6.45) is 8.26. The van der Waals surface area contributed by atoms with E-state index in [9.17, 15) is 4.79 Å². The van der Waals surface area contributed by atoms with Gasteiger partial charge in [0.05, 0.1) is 18.8 Å². The van der Waals surface area contributed by atoms with Crippen molar-refractivity contribution in [3.05, 3.63) is 60.0 Å². The van der Waals surface area contributed by atoms with Crippen LogP contribution in [0.3, 0.4) is 0 Å². The summed E-state index contributed by atoms with van der Waals surface area (Å²) >= 11 is 0. The molecule has 33 heavy (non-hydrogen) atoms. The van der Waals surface area contributed by atoms with Gasteiger partial charge in [-0.3, -0.25) is 9.88 Å². The maximum absolute atomic E-state index is 11.9. The third kappa shape index (κ3) is 5.20. The number of benzene rings is 1. The number of aromatic nitrogens is 2. The van der Waals surface area contributed by atoms with Crippen LogP contribution in [0.15, 0.2) is 48.9 Å². The molecule has 1 aromatic carbocycles. The highest BCUT2D eigenvalue weighted by atomic mass is 16.5. The third-order valence-corrected chi connectivity index (χ3v) is 6.45. The van der Waals surface area contributed by atoms with Crippen LogP contribution in [-0.4, -0.2) is 60.4 Å². The fourth-order valence-corrected chi connectivity index (χ4v) is 4.70. The summed E-state index contributed by atoms with van der Waals surface area (Å²) in [5.74, 6) is 0.714. The number of ether oxygens (including phenoxy) is 3. The normalized spacial score (nSPS) is 16.1. The number of likely N-dealkylation sites (tertiary alicyclic amines) is 1. The van der Waals surface area contributed by atoms with Gasteiger partial charge in [0.2, 0.25) is 0 Å². The number of pyridine rings is 1. The average molecular weight is 452 g/mol. The van der Waals surface area contributed by atoms with E-state index in [1.165, 1.54) is 18.1 Å². The van der Waals surface area contributed by atoms with Crippen LogP contribution in [0, 0.1) is 0 Å². The van der Waals surface area contributed by atoms with Crippen LogP contribution in [0.25, 0.3) is 10.9 Å². The van der Waals surface area contributed by atoms with Gasteiger partial charge in [-0.05, 0) is 69.5 Å². The lowest BCUT2D eigenvalue weighted by molar-refractivity contribution is 0.0278. The number of carbonyl (C=O) groups excluding carboxylic acids is 1. The molecular weight excluding hydrogens is 418 g/mol. The summed E-state index contributed by atoms with van der Waals surface area (Å²) < 4.78 is 18.8. The van der Waals surface area contributed by atoms with Gasteiger partial charge in [0.25, 0.3) is 0 Å². The van der Waals surface area contributed by atoms with Gasteiger partial charge in [0.1, 0.15) is 24.1 Å². The Labute approximate surface area is 195 Å². The Bertz CT molecular complexity index is 1070. The summed E-state index contributed by atoms with van der Waals surface area (Å²) in [6, 6.07) is 9.34. The van der Waals surface area contributed by atoms with Gasteiger partial charge in [0.15, 0.2) is 0 Å². The highest BCUT2D eigenvalue weighted by molar-refractivity contribution is 5.92. The molecule has 0 spiro atoms. The minimum Gasteiger partial charge on any atom is -0.491 e. The molecule has 7 nitrogen and oxygen atoms in total. The molecule has 3 aromatic rings. The van der Waals surface area contributed by atoms with Crippen molar-refractivity contribution in [2.75, 3.05) is 40.0 Å². The molecule has 1 fully saturated rings. The molecule has 0 aliphatic carbocycles. The molecule has 1 saturated heterocycles. The van der Waals surface area contributed by atoms with E-state index in [1.807, 2.05) is 37.5 Å². The zero-order chi connectivity index (χ0) is 23.2. The molecule has 1 unspecified atom stereocenters. The van der Waals surface area contributed by atoms with Crippen LogP contribution < -0.4 is 4.74 Å². The molecule has 4 rings (SSSR count). The molecular formula is C26H33N3O4. The maximum Gasteiger partial charge on any atom is 0.341 e. The van der Waals surface area contributed by atoms with Crippen LogP contribution in [0.2, 0.25) is 0 Å². The highest BCUT2D eigenvalue weighted by Crippen LogP contribution is 2.35. The van der Waals surface area contributed by atoms with E-state index in [-0.39, 0.29) is 12.2 Å². The largest absolute Gasteiger partial charge is 0.491 e. The van der Waals surface area contributed by atoms with E-state index >= 15 is 0 Å². The van der Waals surface area contributed by atoms with Crippen LogP contribution in [0.5, 0.6) is 5.75 Å². The van der Waals surface area contributed by atoms with Gasteiger partial charge >= 0.3 is 5.97 Å². The topological polar surface area (TPSA) is 65.8 Å². The van der Waals surface area contributed by atoms with E-state index in [0.717, 1.165) is 38.0 Å². The second kappa shape index (κ2) is 10.8. The summed E-state index contributed by atoms with van der Waals surface area (Å²) in [7, 11) is 1.38. The fourth-order valence-electron chi connectivity index (χ4n) is 4.70. The number of fused-ring (bicyclic) bond motifs is 1. The minimum absolute atomic E-state index is 0.0134. The fraction of sp³-hybridized carbons (Fsp3) is 0.462. The molecule has 0 amide bonds. The highest BCUT2D eigenvalue weighted by Gasteiger charge is 2.25. The number of hydrogen-bond acceptors (Lipinski definition) is 6. The van der Waals surface area contributed by atoms with Gasteiger partial charge in [-0.2, -0.15) is 0 Å². The van der Waals surface area contributed by atoms with Crippen molar-refractivity contribution in [2.24, 2.45) is 0 Å². The van der Waals surface area contributed by atoms with Gasteiger partial charge in [-0.1, -0.05) is 12.1 Å². The first kappa shape index (κ1) is 23.3. The zero-order valence-corrected chi connectivity index (χ0v) is 19.7. The third-order valence-electron chi connectivity index (χ3n) is 6.45. The molecule has 1 aliphatic heterocycles. The standard InChI is InChI=1S/C26H33N3O4/c1-4-32-19(2)29-18-23(21-9-12-27-17-24(21)29)20-10-13-28(14-11-20)15-16-33-25-8-6-5-7-22(25)26(30)31-3/h5-9,12,17-20H,4,10-11,13-16H2,1-3H3. The molecule has 2 aromatic heterocycles. The van der Waals surface area contributed by atoms with Crippen LogP contribution >= 0.6 is 0 Å². The Balaban J connectivity index is 1.35. The van der Waals surface area contributed by atoms with Crippen molar-refractivity contribution in [1.29, 1.82) is 0 Å². The average Bonchev–Trinajstić information content (AvgIpc) is 3.24. The Morgan fingerprint density at radius 3 is 2.76 bits per heavy atom. The van der Waals surface area contributed by atoms with E-state index in [0.29, 0.717) is 30.4 Å². The smallest absolute Gasteiger partial charge is 0.341 e. The van der Waals surface area contributed by atoms with Crippen LogP contribution in [-0.2, 0) is 9.47 Å². The number of carbonyl (C=O) groups is 1. The van der Waals surface area contributed by atoms with Gasteiger partial charge in [-0.15, -0.1) is 0 Å². The molecule has 0 N–H and O–H groups in total. The molecule has 1 atom stereocenters. The number of nitrogens with zero attached hydrogens (tertiary/aromatic N) is 3. The molecule has 0 bridgehead atoms. The molecule has 176 valence electrons. The number of para-hydroxylation sites is 1. The SMILES string of the molecule is CCOC(C)n1cc(C2CCN(CCOc3ccccc3C(=O)OC)CC2)c2ccncc21. The van der Waals surface area contributed by atoms with Crippen LogP contribution in [0.4, 0.5) is 0 Å². The molecule has 7 heteroatoms. The van der Waals surface area contributed by atoms with Crippen molar-refractivity contribution < 1.29 is 19.0 Å². The van der Waals surface area contributed by atoms with Gasteiger partial charge < -0.3 is 18.8 Å². The summed E-state index contributed by atoms with van der Waals surface area (Å²) in [5.41, 5.74) is 2.99. The second-order valence-electron chi connectivity index (χ2n) is 8.39. The van der Waals surface area contributed by atoms with Crippen molar-refractivity contribution in [3.8, 4) is 5.75 Å². The predicted octanol–water partition coefficient (Wildman–Crippen LogP) is 4.64. The van der Waals surface area contributed by atoms with Crippen molar-refractivity contribution >= 4 is 16.9 Å². The molecule has 3 heterocycles. The summed E-state index contributed by atoms with van der Waals surface area (Å²) in [4.78, 5) is 18.7. The minimum atomic E-state index is -0.376. The van der Waals surface area contributed by atoms with E-state index in [1.54, 1.807) is 6.07 Å². The number of methoxy groups -OCH3 is 1. The number of esters is 1. The summed E-state index contributed by atoms with van der Waals surface area (Å²) in [6.45, 7) is 8.19. The Hall–Kier alpha value is -2.90. The Morgan fingerprint density at radius 2 is 2.00 bits per heavy atom. The van der Waals surface area contributed by atoms with E-state index < -0.39 is 0 Å². The van der Waals surface area contributed by atoms with Gasteiger partial charge in [0, 0.05) is 30.9 Å². The number of rotatable bonds is 9. The lowest BCUT2D eigenvalue weighted by atomic mass is 9.89.